The minimum Gasteiger partial charge on any atom is -0.414 e. The standard InChI is InChI=1S/C19H20BN5OS/c1-13-18(20)14(2)25(23-13)11-17-21-22-19(26-17)27-12-15-7-3-4-8-16(15)24-9-5-6-10-24/h3-10H,11-12,20H2,1-2H3. The van der Waals surface area contributed by atoms with Crippen molar-refractivity contribution in [1.82, 2.24) is 24.5 Å². The van der Waals surface area contributed by atoms with Gasteiger partial charge < -0.3 is 8.98 Å². The molecule has 8 heteroatoms. The average molecular weight is 377 g/mol. The van der Waals surface area contributed by atoms with Gasteiger partial charge in [0.25, 0.3) is 5.22 Å². The molecule has 3 heterocycles. The van der Waals surface area contributed by atoms with Gasteiger partial charge in [-0.3, -0.25) is 4.68 Å². The van der Waals surface area contributed by atoms with Gasteiger partial charge >= 0.3 is 0 Å². The predicted molar refractivity (Wildman–Crippen MR) is 109 cm³/mol. The first kappa shape index (κ1) is 17.7. The van der Waals surface area contributed by atoms with Gasteiger partial charge in [0.2, 0.25) is 5.89 Å². The van der Waals surface area contributed by atoms with Gasteiger partial charge in [0.05, 0.1) is 5.69 Å². The van der Waals surface area contributed by atoms with Gasteiger partial charge in [-0.05, 0) is 43.1 Å². The van der Waals surface area contributed by atoms with E-state index < -0.39 is 0 Å². The normalized spacial score (nSPS) is 11.2. The van der Waals surface area contributed by atoms with Crippen LogP contribution in [0.1, 0.15) is 22.8 Å². The maximum absolute atomic E-state index is 5.82. The van der Waals surface area contributed by atoms with Crippen molar-refractivity contribution >= 4 is 25.1 Å². The van der Waals surface area contributed by atoms with Crippen LogP contribution in [-0.2, 0) is 12.3 Å². The van der Waals surface area contributed by atoms with Crippen LogP contribution in [-0.4, -0.2) is 32.4 Å². The summed E-state index contributed by atoms with van der Waals surface area (Å²) in [6.45, 7) is 4.56. The molecule has 0 N–H and O–H groups in total. The lowest BCUT2D eigenvalue weighted by molar-refractivity contribution is 0.396. The molecule has 0 aliphatic heterocycles. The van der Waals surface area contributed by atoms with E-state index in [9.17, 15) is 0 Å². The number of hydrogen-bond donors (Lipinski definition) is 0. The molecule has 0 saturated heterocycles. The van der Waals surface area contributed by atoms with E-state index in [0.29, 0.717) is 17.7 Å². The van der Waals surface area contributed by atoms with E-state index in [1.54, 1.807) is 11.8 Å². The van der Waals surface area contributed by atoms with Crippen molar-refractivity contribution in [2.45, 2.75) is 31.4 Å². The molecule has 136 valence electrons. The minimum absolute atomic E-state index is 0.494. The quantitative estimate of drug-likeness (QED) is 0.381. The Hall–Kier alpha value is -2.74. The fourth-order valence-corrected chi connectivity index (χ4v) is 3.73. The first-order chi connectivity index (χ1) is 13.1. The van der Waals surface area contributed by atoms with Gasteiger partial charge in [0.1, 0.15) is 14.4 Å². The van der Waals surface area contributed by atoms with E-state index in [4.69, 9.17) is 4.42 Å². The smallest absolute Gasteiger partial charge is 0.276 e. The van der Waals surface area contributed by atoms with E-state index in [2.05, 4.69) is 46.8 Å². The number of para-hydroxylation sites is 1. The highest BCUT2D eigenvalue weighted by molar-refractivity contribution is 7.98. The second kappa shape index (κ2) is 7.48. The summed E-state index contributed by atoms with van der Waals surface area (Å²) >= 11 is 1.55. The number of thioether (sulfide) groups is 1. The van der Waals surface area contributed by atoms with Crippen molar-refractivity contribution in [3.63, 3.8) is 0 Å². The Balaban J connectivity index is 1.46. The molecule has 0 radical (unpaired) electrons. The van der Waals surface area contributed by atoms with Gasteiger partial charge in [-0.1, -0.05) is 30.0 Å². The predicted octanol–water partition coefficient (Wildman–Crippen LogP) is 2.27. The molecule has 4 aromatic rings. The highest BCUT2D eigenvalue weighted by Gasteiger charge is 2.13. The van der Waals surface area contributed by atoms with E-state index in [1.807, 2.05) is 48.3 Å². The Morgan fingerprint density at radius 1 is 1.07 bits per heavy atom. The first-order valence-corrected chi connectivity index (χ1v) is 9.77. The number of hydrogen-bond acceptors (Lipinski definition) is 5. The highest BCUT2D eigenvalue weighted by atomic mass is 32.2. The zero-order valence-corrected chi connectivity index (χ0v) is 16.4. The molecule has 6 nitrogen and oxygen atoms in total. The molecule has 0 spiro atoms. The van der Waals surface area contributed by atoms with Gasteiger partial charge in [0, 0.05) is 29.5 Å². The molecular weight excluding hydrogens is 357 g/mol. The number of aryl methyl sites for hydroxylation is 1. The summed E-state index contributed by atoms with van der Waals surface area (Å²) in [5.41, 5.74) is 5.73. The summed E-state index contributed by atoms with van der Waals surface area (Å²) in [5.74, 6) is 1.33. The third-order valence-corrected chi connectivity index (χ3v) is 5.57. The maximum atomic E-state index is 5.82. The highest BCUT2D eigenvalue weighted by Crippen LogP contribution is 2.25. The molecule has 0 bridgehead atoms. The van der Waals surface area contributed by atoms with Crippen LogP contribution < -0.4 is 5.46 Å². The molecule has 0 fully saturated rings. The molecule has 0 amide bonds. The number of rotatable bonds is 6. The summed E-state index contributed by atoms with van der Waals surface area (Å²) in [6.07, 6.45) is 4.09. The lowest BCUT2D eigenvalue weighted by Gasteiger charge is -2.09. The van der Waals surface area contributed by atoms with Crippen molar-refractivity contribution in [3.8, 4) is 5.69 Å². The third kappa shape index (κ3) is 3.71. The number of nitrogens with zero attached hydrogens (tertiary/aromatic N) is 5. The van der Waals surface area contributed by atoms with Gasteiger partial charge in [-0.15, -0.1) is 10.2 Å². The Morgan fingerprint density at radius 3 is 2.59 bits per heavy atom. The lowest BCUT2D eigenvalue weighted by Crippen LogP contribution is -2.10. The molecule has 0 aliphatic rings. The minimum atomic E-state index is 0.494. The van der Waals surface area contributed by atoms with Crippen molar-refractivity contribution in [3.05, 3.63) is 71.6 Å². The van der Waals surface area contributed by atoms with Gasteiger partial charge in [-0.2, -0.15) is 5.10 Å². The van der Waals surface area contributed by atoms with Crippen molar-refractivity contribution in [2.24, 2.45) is 0 Å². The lowest BCUT2D eigenvalue weighted by atomic mass is 9.94. The largest absolute Gasteiger partial charge is 0.414 e. The van der Waals surface area contributed by atoms with Crippen LogP contribution >= 0.6 is 11.8 Å². The Labute approximate surface area is 163 Å². The fraction of sp³-hybridized carbons (Fsp3) is 0.211. The van der Waals surface area contributed by atoms with E-state index in [1.165, 1.54) is 11.0 Å². The monoisotopic (exact) mass is 377 g/mol. The zero-order valence-electron chi connectivity index (χ0n) is 15.6. The van der Waals surface area contributed by atoms with Crippen molar-refractivity contribution < 1.29 is 4.42 Å². The molecule has 0 atom stereocenters. The first-order valence-electron chi connectivity index (χ1n) is 8.79. The van der Waals surface area contributed by atoms with Crippen LogP contribution in [0.2, 0.25) is 0 Å². The van der Waals surface area contributed by atoms with E-state index in [-0.39, 0.29) is 0 Å². The van der Waals surface area contributed by atoms with Gasteiger partial charge in [-0.25, -0.2) is 0 Å². The Bertz CT molecular complexity index is 1050. The second-order valence-corrected chi connectivity index (χ2v) is 7.35. The van der Waals surface area contributed by atoms with Crippen LogP contribution in [0.25, 0.3) is 5.69 Å². The van der Waals surface area contributed by atoms with Crippen molar-refractivity contribution in [2.75, 3.05) is 0 Å². The zero-order chi connectivity index (χ0) is 18.8. The molecule has 1 aromatic carbocycles. The summed E-state index contributed by atoms with van der Waals surface area (Å²) in [6, 6.07) is 12.4. The summed E-state index contributed by atoms with van der Waals surface area (Å²) in [4.78, 5) is 0. The Kier molecular flexibility index (Phi) is 4.89. The summed E-state index contributed by atoms with van der Waals surface area (Å²) in [7, 11) is 2.07. The molecular formula is C19H20BN5OS. The molecule has 0 aliphatic carbocycles. The molecule has 0 saturated carbocycles. The number of benzene rings is 1. The van der Waals surface area contributed by atoms with E-state index >= 15 is 0 Å². The van der Waals surface area contributed by atoms with Crippen LogP contribution in [0.5, 0.6) is 0 Å². The molecule has 0 unspecified atom stereocenters. The van der Waals surface area contributed by atoms with Crippen LogP contribution in [0.4, 0.5) is 0 Å². The molecule has 4 rings (SSSR count). The fourth-order valence-electron chi connectivity index (χ4n) is 2.95. The van der Waals surface area contributed by atoms with Crippen LogP contribution in [0.15, 0.2) is 58.4 Å². The topological polar surface area (TPSA) is 61.7 Å². The second-order valence-electron chi connectivity index (χ2n) is 6.42. The summed E-state index contributed by atoms with van der Waals surface area (Å²) < 4.78 is 9.84. The third-order valence-electron chi connectivity index (χ3n) is 4.70. The molecule has 27 heavy (non-hydrogen) atoms. The van der Waals surface area contributed by atoms with Crippen LogP contribution in [0, 0.1) is 13.8 Å². The maximum Gasteiger partial charge on any atom is 0.276 e. The van der Waals surface area contributed by atoms with Crippen molar-refractivity contribution in [1.29, 1.82) is 0 Å². The Morgan fingerprint density at radius 2 is 1.85 bits per heavy atom. The summed E-state index contributed by atoms with van der Waals surface area (Å²) in [5, 5.41) is 13.5. The average Bonchev–Trinajstić information content (AvgIpc) is 3.40. The SMILES string of the molecule is Bc1c(C)nn(Cc2nnc(SCc3ccccc3-n3cccc3)o2)c1C. The van der Waals surface area contributed by atoms with Gasteiger partial charge in [0.15, 0.2) is 0 Å². The number of aromatic nitrogens is 5. The molecule has 3 aromatic heterocycles. The van der Waals surface area contributed by atoms with Crippen LogP contribution in [0.3, 0.4) is 0 Å². The van der Waals surface area contributed by atoms with E-state index in [0.717, 1.165) is 22.8 Å².